The van der Waals surface area contributed by atoms with Crippen molar-refractivity contribution in [3.63, 3.8) is 0 Å². The molecule has 0 fully saturated rings. The van der Waals surface area contributed by atoms with Crippen LogP contribution < -0.4 is 10.6 Å². The van der Waals surface area contributed by atoms with Crippen LogP contribution in [0.1, 0.15) is 59.3 Å². The van der Waals surface area contributed by atoms with Crippen LogP contribution in [0.5, 0.6) is 0 Å². The van der Waals surface area contributed by atoms with Gasteiger partial charge in [-0.25, -0.2) is 21.3 Å². The summed E-state index contributed by atoms with van der Waals surface area (Å²) in [7, 11) is 10.0. The number of hydrogen-bond acceptors (Lipinski definition) is 5. The maximum atomic E-state index is 12.2. The van der Waals surface area contributed by atoms with Crippen molar-refractivity contribution in [1.82, 2.24) is 10.6 Å². The molecular weight excluding hydrogens is 615 g/mol. The van der Waals surface area contributed by atoms with Gasteiger partial charge in [0.2, 0.25) is 11.8 Å². The fourth-order valence-electron chi connectivity index (χ4n) is 2.68. The molecule has 2 amide bonds. The van der Waals surface area contributed by atoms with Gasteiger partial charge in [-0.2, -0.15) is 0 Å². The van der Waals surface area contributed by atoms with Crippen LogP contribution in [0.25, 0.3) is 0 Å². The molecule has 0 aliphatic carbocycles. The molecule has 0 heterocycles. The molecule has 7 nitrogen and oxygen atoms in total. The molecule has 30 heavy (non-hydrogen) atoms. The Kier molecular flexibility index (Phi) is 30.0. The van der Waals surface area contributed by atoms with E-state index in [0.29, 0.717) is 25.8 Å². The Hall–Kier alpha value is 2.13. The molecule has 169 valence electrons. The third kappa shape index (κ3) is 22.0. The number of unbranched alkanes of at least 4 members (excludes halogenated alkanes) is 1. The first-order chi connectivity index (χ1) is 12.7. The molecule has 0 aliphatic rings. The van der Waals surface area contributed by atoms with E-state index in [1.807, 2.05) is 0 Å². The fourth-order valence-corrected chi connectivity index (χ4v) is 2.68. The first-order valence-electron chi connectivity index (χ1n) is 9.37. The number of amides is 2. The van der Waals surface area contributed by atoms with Gasteiger partial charge in [-0.3, -0.25) is 9.59 Å². The molecule has 0 aromatic heterocycles. The number of ether oxygens (including phenoxy) is 3. The summed E-state index contributed by atoms with van der Waals surface area (Å²) in [5.41, 5.74) is -0.622. The van der Waals surface area contributed by atoms with Gasteiger partial charge in [-0.05, 0) is 31.1 Å². The van der Waals surface area contributed by atoms with Crippen LogP contribution in [-0.2, 0) is 122 Å². The average molecular weight is 652 g/mol. The number of rotatable bonds is 15. The van der Waals surface area contributed by atoms with Crippen molar-refractivity contribution >= 4 is 11.8 Å². The summed E-state index contributed by atoms with van der Waals surface area (Å²) in [5.74, 6) is -0.0897. The average Bonchev–Trinajstić information content (AvgIpc) is 2.54. The number of carbonyl (C=O) groups is 2. The van der Waals surface area contributed by atoms with Gasteiger partial charge >= 0.3 is 0 Å². The first kappa shape index (κ1) is 39.4. The predicted octanol–water partition coefficient (Wildman–Crippen LogP) is 2.76. The van der Waals surface area contributed by atoms with Crippen molar-refractivity contribution in [1.29, 1.82) is 0 Å². The Morgan fingerprint density at radius 2 is 1.23 bits per heavy atom. The maximum Gasteiger partial charge on any atom is 0.220 e. The van der Waals surface area contributed by atoms with E-state index in [9.17, 15) is 9.59 Å². The number of nitrogens with one attached hydrogen (secondary N) is 2. The van der Waals surface area contributed by atoms with E-state index in [2.05, 4.69) is 52.7 Å². The largest absolute Gasteiger partial charge is 0.553 e. The Balaban J connectivity index is -0.00000113. The van der Waals surface area contributed by atoms with Crippen LogP contribution >= 0.6 is 0 Å². The van der Waals surface area contributed by atoms with E-state index >= 15 is 0 Å². The van der Waals surface area contributed by atoms with Gasteiger partial charge in [0.25, 0.3) is 0 Å². The summed E-state index contributed by atoms with van der Waals surface area (Å²) in [6.45, 7) is 7.43. The minimum absolute atomic E-state index is 0. The van der Waals surface area contributed by atoms with E-state index in [1.54, 1.807) is 0 Å². The molecule has 10 heteroatoms. The number of carbonyl (C=O) groups excluding carboxylic acids is 2. The predicted molar refractivity (Wildman–Crippen MR) is 105 cm³/mol. The maximum absolute atomic E-state index is 12.2. The quantitative estimate of drug-likeness (QED) is 0.210. The molecule has 0 aromatic rings. The zero-order valence-corrected chi connectivity index (χ0v) is 27.5. The van der Waals surface area contributed by atoms with Crippen LogP contribution in [0.4, 0.5) is 0 Å². The second kappa shape index (κ2) is 22.9. The van der Waals surface area contributed by atoms with E-state index in [0.717, 1.165) is 19.3 Å². The summed E-state index contributed by atoms with van der Waals surface area (Å²) in [6, 6.07) is 0. The van der Waals surface area contributed by atoms with Crippen LogP contribution in [0.3, 0.4) is 0 Å². The molecule has 0 unspecified atom stereocenters. The zero-order valence-electron chi connectivity index (χ0n) is 19.0. The topological polar surface area (TPSA) is 85.9 Å². The van der Waals surface area contributed by atoms with Gasteiger partial charge < -0.3 is 24.8 Å². The fraction of sp³-hybridized carbons (Fsp3) is 0.750. The normalized spacial score (nSPS) is 10.9. The van der Waals surface area contributed by atoms with Crippen LogP contribution in [0, 0.1) is 26.7 Å². The molecule has 0 aromatic carbocycles. The zero-order chi connectivity index (χ0) is 20.8. The molecule has 0 atom stereocenters. The smallest absolute Gasteiger partial charge is 0.220 e. The minimum Gasteiger partial charge on any atom is -0.553 e. The van der Waals surface area contributed by atoms with E-state index < -0.39 is 5.54 Å². The molecular formula is C20H37N2O5Y3-3. The third-order valence-electron chi connectivity index (χ3n) is 4.02. The Labute approximate surface area is 259 Å². The summed E-state index contributed by atoms with van der Waals surface area (Å²) < 4.78 is 14.7. The first-order valence-corrected chi connectivity index (χ1v) is 9.37. The second-order valence-corrected chi connectivity index (χ2v) is 8.10. The molecule has 0 saturated heterocycles. The summed E-state index contributed by atoms with van der Waals surface area (Å²) >= 11 is 0. The van der Waals surface area contributed by atoms with Gasteiger partial charge in [-0.1, -0.05) is 20.8 Å². The Bertz CT molecular complexity index is 418. The monoisotopic (exact) mass is 652 g/mol. The summed E-state index contributed by atoms with van der Waals surface area (Å²) in [5, 5.41) is 5.75. The molecule has 3 radical (unpaired) electrons. The van der Waals surface area contributed by atoms with Gasteiger partial charge in [-0.15, -0.1) is 0 Å². The van der Waals surface area contributed by atoms with Crippen molar-refractivity contribution in [2.24, 2.45) is 5.41 Å². The Morgan fingerprint density at radius 1 is 0.767 bits per heavy atom. The van der Waals surface area contributed by atoms with Gasteiger partial charge in [0.1, 0.15) is 5.54 Å². The molecule has 0 aliphatic heterocycles. The SMILES string of the molecule is [CH2-]OCC(CO[CH2-])(CO[CH2-])NC(=O)CCCCNC(=O)CCCC(C)(C)C.[Y].[Y].[Y]. The minimum atomic E-state index is -0.871. The molecule has 0 saturated carbocycles. The molecule has 0 bridgehead atoms. The van der Waals surface area contributed by atoms with Gasteiger partial charge in [0.05, 0.1) is 0 Å². The van der Waals surface area contributed by atoms with Crippen LogP contribution in [0.2, 0.25) is 0 Å². The Morgan fingerprint density at radius 3 is 1.67 bits per heavy atom. The van der Waals surface area contributed by atoms with Crippen LogP contribution in [0.15, 0.2) is 0 Å². The molecule has 2 N–H and O–H groups in total. The number of hydrogen-bond donors (Lipinski definition) is 2. The van der Waals surface area contributed by atoms with E-state index in [4.69, 9.17) is 14.2 Å². The van der Waals surface area contributed by atoms with Crippen molar-refractivity contribution in [2.75, 3.05) is 26.4 Å². The summed E-state index contributed by atoms with van der Waals surface area (Å²) in [4.78, 5) is 24.0. The van der Waals surface area contributed by atoms with Gasteiger partial charge in [0, 0.05) is 137 Å². The van der Waals surface area contributed by atoms with Crippen LogP contribution in [-0.4, -0.2) is 43.7 Å². The summed E-state index contributed by atoms with van der Waals surface area (Å²) in [6.07, 6.45) is 4.17. The van der Waals surface area contributed by atoms with Crippen molar-refractivity contribution in [3.05, 3.63) is 21.3 Å². The third-order valence-corrected chi connectivity index (χ3v) is 4.02. The van der Waals surface area contributed by atoms with E-state index in [1.165, 1.54) is 0 Å². The molecule has 0 spiro atoms. The molecule has 0 rings (SSSR count). The second-order valence-electron chi connectivity index (χ2n) is 8.10. The van der Waals surface area contributed by atoms with Crippen molar-refractivity contribution in [3.8, 4) is 0 Å². The van der Waals surface area contributed by atoms with Gasteiger partial charge in [0.15, 0.2) is 0 Å². The standard InChI is InChI=1S/C20H37N2O5.3Y/c1-19(2,3)12-9-11-17(23)21-13-8-7-10-18(24)22-20(14-25-4,15-26-5)16-27-6;;;/h4-16H2,1-3H3,(H,21,23)(H,22,24);;;/q-3;;;. The van der Waals surface area contributed by atoms with E-state index in [-0.39, 0.29) is 135 Å². The van der Waals surface area contributed by atoms with Crippen molar-refractivity contribution in [2.45, 2.75) is 64.8 Å². The van der Waals surface area contributed by atoms with Crippen molar-refractivity contribution < 1.29 is 122 Å².